The summed E-state index contributed by atoms with van der Waals surface area (Å²) in [6, 6.07) is 13.8. The van der Waals surface area contributed by atoms with Crippen molar-refractivity contribution in [3.8, 4) is 17.6 Å². The zero-order valence-corrected chi connectivity index (χ0v) is 16.1. The number of benzene rings is 2. The van der Waals surface area contributed by atoms with E-state index in [2.05, 4.69) is 19.9 Å². The molecule has 2 aromatic rings. The highest BCUT2D eigenvalue weighted by Crippen LogP contribution is 2.38. The molecule has 0 fully saturated rings. The van der Waals surface area contributed by atoms with E-state index in [1.807, 2.05) is 43.3 Å². The molecule has 0 spiro atoms. The summed E-state index contributed by atoms with van der Waals surface area (Å²) in [4.78, 5) is 0. The lowest BCUT2D eigenvalue weighted by Gasteiger charge is -2.27. The quantitative estimate of drug-likeness (QED) is 0.593. The number of hydrogen-bond acceptors (Lipinski definition) is 3. The van der Waals surface area contributed by atoms with Crippen LogP contribution in [0.15, 0.2) is 36.4 Å². The Balaban J connectivity index is 2.41. The van der Waals surface area contributed by atoms with Gasteiger partial charge in [-0.2, -0.15) is 5.26 Å². The maximum atomic E-state index is 9.46. The number of nitrogens with zero attached hydrogens (tertiary/aromatic N) is 1. The van der Waals surface area contributed by atoms with Gasteiger partial charge in [-0.15, -0.1) is 11.6 Å². The van der Waals surface area contributed by atoms with Crippen LogP contribution in [0.3, 0.4) is 0 Å². The van der Waals surface area contributed by atoms with Crippen molar-refractivity contribution in [1.29, 1.82) is 5.26 Å². The summed E-state index contributed by atoms with van der Waals surface area (Å²) < 4.78 is 11.0. The molecule has 25 heavy (non-hydrogen) atoms. The van der Waals surface area contributed by atoms with Gasteiger partial charge < -0.3 is 9.47 Å². The Morgan fingerprint density at radius 1 is 1.08 bits per heavy atom. The van der Waals surface area contributed by atoms with Crippen LogP contribution in [0.2, 0.25) is 5.02 Å². The van der Waals surface area contributed by atoms with Crippen molar-refractivity contribution in [2.45, 2.75) is 26.2 Å². The van der Waals surface area contributed by atoms with Crippen LogP contribution in [0.25, 0.3) is 0 Å². The molecule has 0 saturated carbocycles. The van der Waals surface area contributed by atoms with E-state index in [0.29, 0.717) is 35.4 Å². The van der Waals surface area contributed by atoms with Crippen LogP contribution < -0.4 is 9.47 Å². The standard InChI is InChI=1S/C20H21Cl2NO2/c1-4-24-17-7-5-15(6-8-17)20(2,3)16-11-14(13-23)19(18(22)12-16)25-10-9-21/h5-8,11-12H,4,9-10H2,1-3H3. The Bertz CT molecular complexity index is 765. The fourth-order valence-electron chi connectivity index (χ4n) is 2.63. The van der Waals surface area contributed by atoms with Gasteiger partial charge in [0.05, 0.1) is 23.1 Å². The summed E-state index contributed by atoms with van der Waals surface area (Å²) >= 11 is 12.0. The molecule has 0 aliphatic heterocycles. The first-order chi connectivity index (χ1) is 11.9. The molecule has 0 atom stereocenters. The number of alkyl halides is 1. The first-order valence-corrected chi connectivity index (χ1v) is 9.01. The third-order valence-electron chi connectivity index (χ3n) is 4.10. The predicted molar refractivity (Wildman–Crippen MR) is 102 cm³/mol. The molecule has 0 aromatic heterocycles. The maximum Gasteiger partial charge on any atom is 0.155 e. The zero-order chi connectivity index (χ0) is 18.4. The van der Waals surface area contributed by atoms with Crippen LogP contribution in [0.1, 0.15) is 37.5 Å². The van der Waals surface area contributed by atoms with E-state index >= 15 is 0 Å². The summed E-state index contributed by atoms with van der Waals surface area (Å²) in [5.74, 6) is 1.55. The highest BCUT2D eigenvalue weighted by molar-refractivity contribution is 6.32. The third kappa shape index (κ3) is 4.39. The molecular formula is C20H21Cl2NO2. The van der Waals surface area contributed by atoms with Crippen molar-refractivity contribution in [2.75, 3.05) is 19.1 Å². The van der Waals surface area contributed by atoms with Gasteiger partial charge in [-0.25, -0.2) is 0 Å². The van der Waals surface area contributed by atoms with Gasteiger partial charge in [0.25, 0.3) is 0 Å². The van der Waals surface area contributed by atoms with Crippen molar-refractivity contribution in [3.05, 3.63) is 58.1 Å². The van der Waals surface area contributed by atoms with Gasteiger partial charge in [0.2, 0.25) is 0 Å². The molecule has 0 heterocycles. The lowest BCUT2D eigenvalue weighted by atomic mass is 9.77. The van der Waals surface area contributed by atoms with Gasteiger partial charge in [-0.1, -0.05) is 37.6 Å². The molecule has 5 heteroatoms. The fraction of sp³-hybridized carbons (Fsp3) is 0.350. The fourth-order valence-corrected chi connectivity index (χ4v) is 2.98. The molecule has 0 unspecified atom stereocenters. The second kappa shape index (κ2) is 8.47. The molecule has 132 valence electrons. The Morgan fingerprint density at radius 2 is 1.76 bits per heavy atom. The van der Waals surface area contributed by atoms with Crippen molar-refractivity contribution in [2.24, 2.45) is 0 Å². The minimum absolute atomic E-state index is 0.303. The van der Waals surface area contributed by atoms with Crippen molar-refractivity contribution < 1.29 is 9.47 Å². The number of rotatable bonds is 7. The maximum absolute atomic E-state index is 9.46. The molecule has 0 amide bonds. The Morgan fingerprint density at radius 3 is 2.32 bits per heavy atom. The van der Waals surface area contributed by atoms with E-state index in [9.17, 15) is 5.26 Å². The van der Waals surface area contributed by atoms with Gasteiger partial charge in [0, 0.05) is 5.41 Å². The third-order valence-corrected chi connectivity index (χ3v) is 4.53. The van der Waals surface area contributed by atoms with E-state index < -0.39 is 0 Å². The number of ether oxygens (including phenoxy) is 2. The van der Waals surface area contributed by atoms with Gasteiger partial charge in [0.15, 0.2) is 5.75 Å². The van der Waals surface area contributed by atoms with Crippen molar-refractivity contribution >= 4 is 23.2 Å². The molecular weight excluding hydrogens is 357 g/mol. The summed E-state index contributed by atoms with van der Waals surface area (Å²) in [6.45, 7) is 7.08. The lowest BCUT2D eigenvalue weighted by Crippen LogP contribution is -2.19. The summed E-state index contributed by atoms with van der Waals surface area (Å²) in [5, 5.41) is 9.88. The van der Waals surface area contributed by atoms with Crippen LogP contribution in [0, 0.1) is 11.3 Å². The molecule has 0 saturated heterocycles. The van der Waals surface area contributed by atoms with Crippen LogP contribution in [0.5, 0.6) is 11.5 Å². The topological polar surface area (TPSA) is 42.2 Å². The normalized spacial score (nSPS) is 11.0. The zero-order valence-electron chi connectivity index (χ0n) is 14.6. The van der Waals surface area contributed by atoms with Crippen LogP contribution in [-0.4, -0.2) is 19.1 Å². The second-order valence-electron chi connectivity index (χ2n) is 6.07. The van der Waals surface area contributed by atoms with Gasteiger partial charge >= 0.3 is 0 Å². The molecule has 2 rings (SSSR count). The van der Waals surface area contributed by atoms with E-state index in [1.165, 1.54) is 0 Å². The monoisotopic (exact) mass is 377 g/mol. The van der Waals surface area contributed by atoms with Crippen LogP contribution >= 0.6 is 23.2 Å². The van der Waals surface area contributed by atoms with Crippen molar-refractivity contribution in [1.82, 2.24) is 0 Å². The number of halogens is 2. The Hall–Kier alpha value is -1.89. The SMILES string of the molecule is CCOc1ccc(C(C)(C)c2cc(Cl)c(OCCCl)c(C#N)c2)cc1. The highest BCUT2D eigenvalue weighted by atomic mass is 35.5. The van der Waals surface area contributed by atoms with E-state index in [0.717, 1.165) is 16.9 Å². The van der Waals surface area contributed by atoms with Crippen LogP contribution in [-0.2, 0) is 5.41 Å². The molecule has 3 nitrogen and oxygen atoms in total. The molecule has 0 aliphatic carbocycles. The van der Waals surface area contributed by atoms with Crippen molar-refractivity contribution in [3.63, 3.8) is 0 Å². The number of hydrogen-bond donors (Lipinski definition) is 0. The van der Waals surface area contributed by atoms with E-state index in [-0.39, 0.29) is 5.41 Å². The summed E-state index contributed by atoms with van der Waals surface area (Å²) in [5.41, 5.74) is 2.12. The smallest absolute Gasteiger partial charge is 0.155 e. The predicted octanol–water partition coefficient (Wildman–Crippen LogP) is 5.55. The first-order valence-electron chi connectivity index (χ1n) is 8.10. The molecule has 0 radical (unpaired) electrons. The lowest BCUT2D eigenvalue weighted by molar-refractivity contribution is 0.340. The van der Waals surface area contributed by atoms with Gasteiger partial charge in [-0.05, 0) is 42.3 Å². The van der Waals surface area contributed by atoms with Gasteiger partial charge in [-0.3, -0.25) is 0 Å². The largest absolute Gasteiger partial charge is 0.494 e. The highest BCUT2D eigenvalue weighted by Gasteiger charge is 2.26. The second-order valence-corrected chi connectivity index (χ2v) is 6.85. The molecule has 0 bridgehead atoms. The molecule has 2 aromatic carbocycles. The van der Waals surface area contributed by atoms with Gasteiger partial charge in [0.1, 0.15) is 18.4 Å². The average Bonchev–Trinajstić information content (AvgIpc) is 2.60. The molecule has 0 N–H and O–H groups in total. The minimum atomic E-state index is -0.328. The Labute approximate surface area is 159 Å². The summed E-state index contributed by atoms with van der Waals surface area (Å²) in [7, 11) is 0. The van der Waals surface area contributed by atoms with E-state index in [4.69, 9.17) is 32.7 Å². The van der Waals surface area contributed by atoms with E-state index in [1.54, 1.807) is 0 Å². The first kappa shape index (κ1) is 19.4. The summed E-state index contributed by atoms with van der Waals surface area (Å²) in [6.07, 6.45) is 0. The van der Waals surface area contributed by atoms with Crippen LogP contribution in [0.4, 0.5) is 0 Å². The average molecular weight is 378 g/mol. The minimum Gasteiger partial charge on any atom is -0.494 e. The molecule has 0 aliphatic rings. The number of nitriles is 1. The Kier molecular flexibility index (Phi) is 6.58.